The number of nitrogens with zero attached hydrogens (tertiary/aromatic N) is 3. The summed E-state index contributed by atoms with van der Waals surface area (Å²) in [5, 5.41) is 3.31. The number of nitrogens with two attached hydrogens (primary N) is 1. The van der Waals surface area contributed by atoms with E-state index in [-0.39, 0.29) is 6.54 Å². The summed E-state index contributed by atoms with van der Waals surface area (Å²) in [6, 6.07) is 5.56. The van der Waals surface area contributed by atoms with Crippen LogP contribution in [0.3, 0.4) is 0 Å². The van der Waals surface area contributed by atoms with E-state index in [1.54, 1.807) is 0 Å². The summed E-state index contributed by atoms with van der Waals surface area (Å²) in [4.78, 5) is 2.60. The van der Waals surface area contributed by atoms with Crippen molar-refractivity contribution in [1.82, 2.24) is 0 Å². The highest BCUT2D eigenvalue weighted by Gasteiger charge is 1.96. The number of benzene rings is 1. The van der Waals surface area contributed by atoms with Crippen molar-refractivity contribution in [3.8, 4) is 11.8 Å². The highest BCUT2D eigenvalue weighted by Crippen LogP contribution is 2.13. The Morgan fingerprint density at radius 2 is 2.36 bits per heavy atom. The summed E-state index contributed by atoms with van der Waals surface area (Å²) >= 11 is 0. The lowest BCUT2D eigenvalue weighted by Crippen LogP contribution is -1.91. The quantitative estimate of drug-likeness (QED) is 0.236. The first-order chi connectivity index (χ1) is 6.75. The van der Waals surface area contributed by atoms with Crippen LogP contribution in [0.15, 0.2) is 23.3 Å². The van der Waals surface area contributed by atoms with E-state index in [0.29, 0.717) is 0 Å². The van der Waals surface area contributed by atoms with Crippen molar-refractivity contribution in [2.75, 3.05) is 12.3 Å². The summed E-state index contributed by atoms with van der Waals surface area (Å²) in [6.07, 6.45) is 0. The third kappa shape index (κ3) is 2.44. The van der Waals surface area contributed by atoms with Gasteiger partial charge in [0.05, 0.1) is 6.54 Å². The van der Waals surface area contributed by atoms with Gasteiger partial charge in [0.1, 0.15) is 0 Å². The second kappa shape index (κ2) is 4.80. The van der Waals surface area contributed by atoms with E-state index >= 15 is 0 Å². The van der Waals surface area contributed by atoms with Gasteiger partial charge in [-0.25, -0.2) is 0 Å². The molecule has 0 radical (unpaired) electrons. The van der Waals surface area contributed by atoms with Gasteiger partial charge in [0.25, 0.3) is 0 Å². The predicted molar refractivity (Wildman–Crippen MR) is 56.5 cm³/mol. The van der Waals surface area contributed by atoms with Gasteiger partial charge in [0.15, 0.2) is 0 Å². The van der Waals surface area contributed by atoms with Gasteiger partial charge in [-0.2, -0.15) is 0 Å². The van der Waals surface area contributed by atoms with Crippen molar-refractivity contribution >= 4 is 5.69 Å². The van der Waals surface area contributed by atoms with E-state index < -0.39 is 0 Å². The minimum atomic E-state index is 0.185. The predicted octanol–water partition coefficient (Wildman–Crippen LogP) is 2.24. The van der Waals surface area contributed by atoms with Crippen LogP contribution < -0.4 is 5.73 Å². The van der Waals surface area contributed by atoms with E-state index in [0.717, 1.165) is 16.8 Å². The van der Waals surface area contributed by atoms with Crippen LogP contribution in [0.5, 0.6) is 0 Å². The number of nitrogen functional groups attached to an aromatic ring is 1. The molecule has 0 aromatic heterocycles. The van der Waals surface area contributed by atoms with Gasteiger partial charge < -0.3 is 5.73 Å². The minimum absolute atomic E-state index is 0.185. The Labute approximate surface area is 82.4 Å². The molecule has 0 saturated carbocycles. The topological polar surface area (TPSA) is 74.8 Å². The van der Waals surface area contributed by atoms with E-state index in [1.807, 2.05) is 25.1 Å². The van der Waals surface area contributed by atoms with Crippen molar-refractivity contribution < 1.29 is 0 Å². The third-order valence-corrected chi connectivity index (χ3v) is 1.81. The maximum atomic E-state index is 8.03. The molecule has 1 aromatic carbocycles. The molecule has 4 nitrogen and oxygen atoms in total. The maximum absolute atomic E-state index is 8.03. The van der Waals surface area contributed by atoms with E-state index in [2.05, 4.69) is 21.9 Å². The van der Waals surface area contributed by atoms with Crippen LogP contribution in [0.4, 0.5) is 5.69 Å². The number of hydrogen-bond donors (Lipinski definition) is 1. The molecule has 0 aliphatic rings. The molecule has 0 bridgehead atoms. The SMILES string of the molecule is Cc1c(N)cccc1C#CCN=[N+]=[N-]. The van der Waals surface area contributed by atoms with Crippen molar-refractivity contribution in [1.29, 1.82) is 0 Å². The molecule has 0 heterocycles. The fraction of sp³-hybridized carbons (Fsp3) is 0.200. The van der Waals surface area contributed by atoms with Crippen molar-refractivity contribution in [3.05, 3.63) is 39.8 Å². The monoisotopic (exact) mass is 186 g/mol. The summed E-state index contributed by atoms with van der Waals surface area (Å²) < 4.78 is 0. The molecule has 0 saturated heterocycles. The highest BCUT2D eigenvalue weighted by molar-refractivity contribution is 5.55. The molecule has 70 valence electrons. The lowest BCUT2D eigenvalue weighted by Gasteiger charge is -2.00. The fourth-order valence-electron chi connectivity index (χ4n) is 0.991. The minimum Gasteiger partial charge on any atom is -0.398 e. The Balaban J connectivity index is 2.89. The zero-order valence-corrected chi connectivity index (χ0v) is 7.86. The van der Waals surface area contributed by atoms with Gasteiger partial charge in [-0.3, -0.25) is 0 Å². The van der Waals surface area contributed by atoms with Crippen LogP contribution in [0, 0.1) is 18.8 Å². The van der Waals surface area contributed by atoms with E-state index in [1.165, 1.54) is 0 Å². The standard InChI is InChI=1S/C10H10N4/c1-8-9(4-2-6-10(8)11)5-3-7-13-14-12/h2,4,6H,7,11H2,1H3. The maximum Gasteiger partial charge on any atom is 0.0880 e. The zero-order valence-electron chi connectivity index (χ0n) is 7.86. The molecular formula is C10H10N4. The molecule has 0 aliphatic heterocycles. The molecule has 1 rings (SSSR count). The van der Waals surface area contributed by atoms with Crippen molar-refractivity contribution in [2.45, 2.75) is 6.92 Å². The molecule has 0 spiro atoms. The second-order valence-corrected chi connectivity index (χ2v) is 2.71. The number of hydrogen-bond acceptors (Lipinski definition) is 2. The van der Waals surface area contributed by atoms with Gasteiger partial charge in [-0.15, -0.1) is 0 Å². The van der Waals surface area contributed by atoms with Crippen LogP contribution in [0.2, 0.25) is 0 Å². The van der Waals surface area contributed by atoms with Gasteiger partial charge in [0.2, 0.25) is 0 Å². The van der Waals surface area contributed by atoms with Gasteiger partial charge in [0, 0.05) is 16.2 Å². The Hall–Kier alpha value is -2.11. The molecule has 4 heteroatoms. The van der Waals surface area contributed by atoms with Crippen molar-refractivity contribution in [3.63, 3.8) is 0 Å². The Bertz CT molecular complexity index is 433. The average molecular weight is 186 g/mol. The van der Waals surface area contributed by atoms with Gasteiger partial charge in [-0.1, -0.05) is 23.0 Å². The van der Waals surface area contributed by atoms with Gasteiger partial charge >= 0.3 is 0 Å². The summed E-state index contributed by atoms with van der Waals surface area (Å²) in [6.45, 7) is 2.09. The van der Waals surface area contributed by atoms with Gasteiger partial charge in [-0.05, 0) is 30.2 Å². The number of rotatable bonds is 1. The van der Waals surface area contributed by atoms with Crippen LogP contribution in [-0.2, 0) is 0 Å². The molecular weight excluding hydrogens is 176 g/mol. The number of azide groups is 1. The number of anilines is 1. The van der Waals surface area contributed by atoms with Crippen LogP contribution in [0.25, 0.3) is 10.4 Å². The van der Waals surface area contributed by atoms with Crippen LogP contribution >= 0.6 is 0 Å². The van der Waals surface area contributed by atoms with E-state index in [9.17, 15) is 0 Å². The Morgan fingerprint density at radius 3 is 3.07 bits per heavy atom. The first-order valence-electron chi connectivity index (χ1n) is 4.10. The first-order valence-corrected chi connectivity index (χ1v) is 4.10. The van der Waals surface area contributed by atoms with Crippen LogP contribution in [-0.4, -0.2) is 6.54 Å². The molecule has 0 unspecified atom stereocenters. The lowest BCUT2D eigenvalue weighted by atomic mass is 10.1. The Morgan fingerprint density at radius 1 is 1.57 bits per heavy atom. The van der Waals surface area contributed by atoms with Crippen LogP contribution in [0.1, 0.15) is 11.1 Å². The Kier molecular flexibility index (Phi) is 3.42. The molecule has 0 fully saturated rings. The lowest BCUT2D eigenvalue weighted by molar-refractivity contribution is 1.25. The van der Waals surface area contributed by atoms with Crippen molar-refractivity contribution in [2.24, 2.45) is 5.11 Å². The highest BCUT2D eigenvalue weighted by atomic mass is 15.1. The molecule has 0 amide bonds. The molecule has 2 N–H and O–H groups in total. The third-order valence-electron chi connectivity index (χ3n) is 1.81. The molecule has 0 atom stereocenters. The summed E-state index contributed by atoms with van der Waals surface area (Å²) in [5.74, 6) is 5.64. The fourth-order valence-corrected chi connectivity index (χ4v) is 0.991. The summed E-state index contributed by atoms with van der Waals surface area (Å²) in [7, 11) is 0. The zero-order chi connectivity index (χ0) is 10.4. The summed E-state index contributed by atoms with van der Waals surface area (Å²) in [5.41, 5.74) is 16.3. The molecule has 0 aliphatic carbocycles. The van der Waals surface area contributed by atoms with E-state index in [4.69, 9.17) is 11.3 Å². The smallest absolute Gasteiger partial charge is 0.0880 e. The first kappa shape index (κ1) is 9.97. The molecule has 1 aromatic rings. The normalized spacial score (nSPS) is 8.36. The second-order valence-electron chi connectivity index (χ2n) is 2.71. The molecule has 14 heavy (non-hydrogen) atoms. The largest absolute Gasteiger partial charge is 0.398 e. The average Bonchev–Trinajstić information content (AvgIpc) is 2.19.